The largest absolute Gasteiger partial charge is 0.339 e. The van der Waals surface area contributed by atoms with E-state index < -0.39 is 10.0 Å². The average molecular weight is 416 g/mol. The first-order chi connectivity index (χ1) is 12.4. The van der Waals surface area contributed by atoms with Gasteiger partial charge in [0.25, 0.3) is 5.91 Å². The highest BCUT2D eigenvalue weighted by Crippen LogP contribution is 2.28. The highest BCUT2D eigenvalue weighted by atomic mass is 35.5. The average Bonchev–Trinajstić information content (AvgIpc) is 2.99. The molecule has 0 aliphatic carbocycles. The van der Waals surface area contributed by atoms with Gasteiger partial charge in [-0.15, -0.1) is 12.4 Å². The third kappa shape index (κ3) is 4.95. The van der Waals surface area contributed by atoms with E-state index in [1.54, 1.807) is 12.1 Å². The predicted octanol–water partition coefficient (Wildman–Crippen LogP) is 2.42. The standard InChI is InChI=1S/C19H29N3O3S.ClH/c1-15-14-17(22-10-3-13-26(22,24)25)4-5-18(15)19(23)21-11-7-16(8-12-21)6-9-20-2;/h4-5,14,16,20H,3,6-13H2,1-2H3;1H. The summed E-state index contributed by atoms with van der Waals surface area (Å²) in [6, 6.07) is 5.38. The number of nitrogens with zero attached hydrogens (tertiary/aromatic N) is 2. The summed E-state index contributed by atoms with van der Waals surface area (Å²) in [5.74, 6) is 0.954. The van der Waals surface area contributed by atoms with E-state index in [9.17, 15) is 13.2 Å². The third-order valence-corrected chi connectivity index (χ3v) is 7.40. The van der Waals surface area contributed by atoms with Crippen LogP contribution in [0.15, 0.2) is 18.2 Å². The van der Waals surface area contributed by atoms with Crippen LogP contribution in [0.5, 0.6) is 0 Å². The molecule has 3 rings (SSSR count). The molecule has 2 heterocycles. The molecule has 1 aromatic rings. The number of likely N-dealkylation sites (tertiary alicyclic amines) is 1. The Bertz CT molecular complexity index is 761. The minimum Gasteiger partial charge on any atom is -0.339 e. The number of amides is 1. The number of nitrogens with one attached hydrogen (secondary N) is 1. The Morgan fingerprint density at radius 2 is 1.93 bits per heavy atom. The molecular formula is C19H30ClN3O3S. The lowest BCUT2D eigenvalue weighted by Crippen LogP contribution is -2.39. The summed E-state index contributed by atoms with van der Waals surface area (Å²) in [6.07, 6.45) is 3.92. The van der Waals surface area contributed by atoms with Crippen molar-refractivity contribution in [3.05, 3.63) is 29.3 Å². The Kier molecular flexibility index (Phi) is 7.54. The molecule has 0 spiro atoms. The molecule has 1 aromatic carbocycles. The van der Waals surface area contributed by atoms with Crippen LogP contribution in [-0.2, 0) is 10.0 Å². The molecule has 6 nitrogen and oxygen atoms in total. The van der Waals surface area contributed by atoms with Gasteiger partial charge in [0.15, 0.2) is 0 Å². The molecule has 2 saturated heterocycles. The number of benzene rings is 1. The molecule has 1 N–H and O–H groups in total. The molecule has 2 aliphatic heterocycles. The normalized spacial score (nSPS) is 19.8. The highest BCUT2D eigenvalue weighted by Gasteiger charge is 2.29. The van der Waals surface area contributed by atoms with E-state index in [0.717, 1.165) is 44.5 Å². The van der Waals surface area contributed by atoms with Crippen LogP contribution in [-0.4, -0.2) is 58.2 Å². The third-order valence-electron chi connectivity index (χ3n) is 5.53. The second-order valence-electron chi connectivity index (χ2n) is 7.37. The maximum absolute atomic E-state index is 12.9. The van der Waals surface area contributed by atoms with E-state index in [1.807, 2.05) is 24.9 Å². The van der Waals surface area contributed by atoms with Crippen molar-refractivity contribution in [2.45, 2.75) is 32.6 Å². The molecule has 1 amide bonds. The lowest BCUT2D eigenvalue weighted by atomic mass is 9.93. The molecule has 2 fully saturated rings. The van der Waals surface area contributed by atoms with E-state index in [2.05, 4.69) is 5.32 Å². The quantitative estimate of drug-likeness (QED) is 0.801. The van der Waals surface area contributed by atoms with E-state index in [0.29, 0.717) is 30.1 Å². The fraction of sp³-hybridized carbons (Fsp3) is 0.632. The minimum absolute atomic E-state index is 0. The Labute approximate surface area is 168 Å². The zero-order valence-corrected chi connectivity index (χ0v) is 17.7. The lowest BCUT2D eigenvalue weighted by Gasteiger charge is -2.32. The summed E-state index contributed by atoms with van der Waals surface area (Å²) < 4.78 is 25.6. The van der Waals surface area contributed by atoms with E-state index in [4.69, 9.17) is 0 Å². The molecule has 2 aliphatic rings. The number of anilines is 1. The molecule has 0 aromatic heterocycles. The summed E-state index contributed by atoms with van der Waals surface area (Å²) in [6.45, 7) is 5.04. The first-order valence-electron chi connectivity index (χ1n) is 9.47. The molecule has 0 saturated carbocycles. The van der Waals surface area contributed by atoms with Crippen molar-refractivity contribution >= 4 is 34.0 Å². The Morgan fingerprint density at radius 3 is 2.48 bits per heavy atom. The van der Waals surface area contributed by atoms with Crippen molar-refractivity contribution in [2.75, 3.05) is 43.3 Å². The Morgan fingerprint density at radius 1 is 1.22 bits per heavy atom. The number of sulfonamides is 1. The molecule has 0 bridgehead atoms. The SMILES string of the molecule is CNCCC1CCN(C(=O)c2ccc(N3CCCS3(=O)=O)cc2C)CC1.Cl. The number of rotatable bonds is 5. The van der Waals surface area contributed by atoms with Crippen molar-refractivity contribution in [3.8, 4) is 0 Å². The van der Waals surface area contributed by atoms with Crippen LogP contribution < -0.4 is 9.62 Å². The van der Waals surface area contributed by atoms with Crippen molar-refractivity contribution in [1.82, 2.24) is 10.2 Å². The first-order valence-corrected chi connectivity index (χ1v) is 11.1. The van der Waals surface area contributed by atoms with E-state index >= 15 is 0 Å². The van der Waals surface area contributed by atoms with Crippen LogP contribution in [0.1, 0.15) is 41.6 Å². The fourth-order valence-corrected chi connectivity index (χ4v) is 5.47. The van der Waals surface area contributed by atoms with Gasteiger partial charge in [-0.1, -0.05) is 0 Å². The monoisotopic (exact) mass is 415 g/mol. The second kappa shape index (κ2) is 9.26. The van der Waals surface area contributed by atoms with Gasteiger partial charge in [0, 0.05) is 25.2 Å². The molecule has 27 heavy (non-hydrogen) atoms. The van der Waals surface area contributed by atoms with Gasteiger partial charge in [0.1, 0.15) is 0 Å². The molecule has 0 radical (unpaired) electrons. The number of piperidine rings is 1. The maximum atomic E-state index is 12.9. The van der Waals surface area contributed by atoms with Crippen molar-refractivity contribution in [3.63, 3.8) is 0 Å². The van der Waals surface area contributed by atoms with Gasteiger partial charge in [-0.05, 0) is 75.9 Å². The molecule has 152 valence electrons. The van der Waals surface area contributed by atoms with Gasteiger partial charge in [0.2, 0.25) is 10.0 Å². The Hall–Kier alpha value is -1.31. The van der Waals surface area contributed by atoms with Crippen molar-refractivity contribution in [1.29, 1.82) is 0 Å². The number of carbonyl (C=O) groups excluding carboxylic acids is 1. The van der Waals surface area contributed by atoms with Crippen LogP contribution >= 0.6 is 12.4 Å². The topological polar surface area (TPSA) is 69.7 Å². The first kappa shape index (κ1) is 22.0. The number of aryl methyl sites for hydroxylation is 1. The van der Waals surface area contributed by atoms with Crippen molar-refractivity contribution < 1.29 is 13.2 Å². The second-order valence-corrected chi connectivity index (χ2v) is 9.38. The molecule has 0 atom stereocenters. The summed E-state index contributed by atoms with van der Waals surface area (Å²) in [4.78, 5) is 14.8. The van der Waals surface area contributed by atoms with E-state index in [1.165, 1.54) is 4.31 Å². The van der Waals surface area contributed by atoms with Crippen LogP contribution in [0.4, 0.5) is 5.69 Å². The number of hydrogen-bond donors (Lipinski definition) is 1. The predicted molar refractivity (Wildman–Crippen MR) is 111 cm³/mol. The van der Waals surface area contributed by atoms with Gasteiger partial charge in [-0.2, -0.15) is 0 Å². The smallest absolute Gasteiger partial charge is 0.254 e. The highest BCUT2D eigenvalue weighted by molar-refractivity contribution is 7.93. The summed E-state index contributed by atoms with van der Waals surface area (Å²) in [7, 11) is -1.22. The number of halogens is 1. The molecular weight excluding hydrogens is 386 g/mol. The fourth-order valence-electron chi connectivity index (χ4n) is 3.92. The lowest BCUT2D eigenvalue weighted by molar-refractivity contribution is 0.0686. The van der Waals surface area contributed by atoms with Crippen molar-refractivity contribution in [2.24, 2.45) is 5.92 Å². The van der Waals surface area contributed by atoms with E-state index in [-0.39, 0.29) is 24.1 Å². The maximum Gasteiger partial charge on any atom is 0.254 e. The minimum atomic E-state index is -3.19. The molecule has 0 unspecified atom stereocenters. The van der Waals surface area contributed by atoms with Gasteiger partial charge in [-0.25, -0.2) is 8.42 Å². The molecule has 8 heteroatoms. The summed E-state index contributed by atoms with van der Waals surface area (Å²) >= 11 is 0. The summed E-state index contributed by atoms with van der Waals surface area (Å²) in [5.41, 5.74) is 2.19. The van der Waals surface area contributed by atoms with Crippen LogP contribution in [0.25, 0.3) is 0 Å². The number of hydrogen-bond acceptors (Lipinski definition) is 4. The van der Waals surface area contributed by atoms with Gasteiger partial charge in [0.05, 0.1) is 11.4 Å². The van der Waals surface area contributed by atoms with Crippen LogP contribution in [0.2, 0.25) is 0 Å². The van der Waals surface area contributed by atoms with Gasteiger partial charge < -0.3 is 10.2 Å². The summed E-state index contributed by atoms with van der Waals surface area (Å²) in [5, 5.41) is 3.19. The van der Waals surface area contributed by atoms with Gasteiger partial charge >= 0.3 is 0 Å². The number of carbonyl (C=O) groups is 1. The zero-order chi connectivity index (χ0) is 18.7. The zero-order valence-electron chi connectivity index (χ0n) is 16.1. The van der Waals surface area contributed by atoms with Gasteiger partial charge in [-0.3, -0.25) is 9.10 Å². The Balaban J connectivity index is 0.00000261. The van der Waals surface area contributed by atoms with Crippen LogP contribution in [0.3, 0.4) is 0 Å². The van der Waals surface area contributed by atoms with Crippen LogP contribution in [0, 0.1) is 12.8 Å².